The fourth-order valence-corrected chi connectivity index (χ4v) is 8.98. The summed E-state index contributed by atoms with van der Waals surface area (Å²) in [6.45, 7) is 6.21. The number of rotatable bonds is 4. The Balaban J connectivity index is 1.22. The Morgan fingerprint density at radius 2 is 1.39 bits per heavy atom. The second-order valence-corrected chi connectivity index (χ2v) is 13.6. The molecule has 0 aliphatic heterocycles. The first-order chi connectivity index (χ1) is 24.2. The normalized spacial score (nSPS) is 14.4. The van der Waals surface area contributed by atoms with Crippen LogP contribution in [0.4, 0.5) is 0 Å². The van der Waals surface area contributed by atoms with Crippen molar-refractivity contribution in [1.82, 2.24) is 14.5 Å². The lowest BCUT2D eigenvalue weighted by Crippen LogP contribution is -1.97. The highest BCUT2D eigenvalue weighted by Crippen LogP contribution is 2.49. The number of benzene rings is 6. The summed E-state index contributed by atoms with van der Waals surface area (Å²) in [6, 6.07) is 45.6. The summed E-state index contributed by atoms with van der Waals surface area (Å²) in [7, 11) is 0. The highest BCUT2D eigenvalue weighted by atomic mass is 32.1. The molecule has 1 aliphatic carbocycles. The second kappa shape index (κ2) is 10.7. The average molecular weight is 644 g/mol. The van der Waals surface area contributed by atoms with Gasteiger partial charge in [-0.15, -0.1) is 11.3 Å². The van der Waals surface area contributed by atoms with Gasteiger partial charge in [0.1, 0.15) is 0 Å². The van der Waals surface area contributed by atoms with E-state index in [0.29, 0.717) is 0 Å². The first-order valence-electron chi connectivity index (χ1n) is 16.6. The lowest BCUT2D eigenvalue weighted by Gasteiger charge is -2.15. The molecule has 49 heavy (non-hydrogen) atoms. The Bertz CT molecular complexity index is 2890. The molecule has 0 amide bonds. The molecule has 9 aromatic rings. The maximum atomic E-state index is 5.21. The molecule has 0 saturated heterocycles. The molecule has 10 rings (SSSR count). The molecular formula is C45H29N3S. The molecule has 0 radical (unpaired) electrons. The molecule has 3 aromatic heterocycles. The third-order valence-corrected chi connectivity index (χ3v) is 11.1. The minimum Gasteiger partial charge on any atom is -0.309 e. The van der Waals surface area contributed by atoms with E-state index in [1.165, 1.54) is 64.9 Å². The van der Waals surface area contributed by atoms with Crippen molar-refractivity contribution < 1.29 is 0 Å². The summed E-state index contributed by atoms with van der Waals surface area (Å²) in [5.41, 5.74) is 12.5. The van der Waals surface area contributed by atoms with Crippen LogP contribution < -0.4 is 0 Å². The Morgan fingerprint density at radius 3 is 2.20 bits per heavy atom. The van der Waals surface area contributed by atoms with Crippen molar-refractivity contribution in [2.75, 3.05) is 0 Å². The van der Waals surface area contributed by atoms with Gasteiger partial charge in [0.25, 0.3) is 0 Å². The molecule has 0 spiro atoms. The monoisotopic (exact) mass is 643 g/mol. The zero-order valence-corrected chi connectivity index (χ0v) is 27.6. The van der Waals surface area contributed by atoms with Gasteiger partial charge in [-0.1, -0.05) is 122 Å². The lowest BCUT2D eigenvalue weighted by molar-refractivity contribution is 1.18. The summed E-state index contributed by atoms with van der Waals surface area (Å²) in [5, 5.41) is 6.28. The van der Waals surface area contributed by atoms with E-state index in [1.807, 2.05) is 24.3 Å². The van der Waals surface area contributed by atoms with Crippen LogP contribution in [0.15, 0.2) is 152 Å². The van der Waals surface area contributed by atoms with Crippen molar-refractivity contribution in [2.24, 2.45) is 0 Å². The quantitative estimate of drug-likeness (QED) is 0.191. The van der Waals surface area contributed by atoms with E-state index in [-0.39, 0.29) is 0 Å². The maximum Gasteiger partial charge on any atom is 0.160 e. The van der Waals surface area contributed by atoms with Gasteiger partial charge in [0, 0.05) is 37.7 Å². The SMILES string of the molecule is C=C/C=C1\C(=C/C)c2cccc3c2c2c4c1cccc4ccc2n3-c1ccc(-c2nc(-c3ccccc3)nc3c2sc2ccccc23)cc1. The van der Waals surface area contributed by atoms with E-state index >= 15 is 0 Å². The van der Waals surface area contributed by atoms with Gasteiger partial charge < -0.3 is 4.57 Å². The third-order valence-electron chi connectivity index (χ3n) is 9.89. The average Bonchev–Trinajstić information content (AvgIpc) is 3.67. The van der Waals surface area contributed by atoms with Gasteiger partial charge in [0.15, 0.2) is 5.82 Å². The van der Waals surface area contributed by atoms with Gasteiger partial charge >= 0.3 is 0 Å². The van der Waals surface area contributed by atoms with E-state index in [2.05, 4.69) is 139 Å². The number of thiophene rings is 1. The standard InChI is InChI=1S/C45H29N3S/c1-3-12-32-31(4-2)33-18-11-19-36-40(33)41-37(26-23-27-15-10-17-34(32)39(27)41)48(36)30-24-21-28(22-25-30)42-44-43(35-16-8-9-20-38(35)49-44)47-45(46-42)29-13-6-5-7-14-29/h3-26H,1H2,2H3/b31-4+,32-12+. The summed E-state index contributed by atoms with van der Waals surface area (Å²) < 4.78 is 4.75. The number of nitrogens with zero attached hydrogens (tertiary/aromatic N) is 3. The van der Waals surface area contributed by atoms with Gasteiger partial charge in [-0.05, 0) is 70.3 Å². The second-order valence-electron chi connectivity index (χ2n) is 12.5. The lowest BCUT2D eigenvalue weighted by atomic mass is 9.91. The number of hydrogen-bond acceptors (Lipinski definition) is 3. The van der Waals surface area contributed by atoms with Crippen LogP contribution >= 0.6 is 11.3 Å². The third kappa shape index (κ3) is 4.01. The van der Waals surface area contributed by atoms with Crippen molar-refractivity contribution in [2.45, 2.75) is 6.92 Å². The Kier molecular flexibility index (Phi) is 6.11. The fourth-order valence-electron chi connectivity index (χ4n) is 7.82. The molecule has 0 atom stereocenters. The van der Waals surface area contributed by atoms with E-state index in [1.54, 1.807) is 11.3 Å². The largest absolute Gasteiger partial charge is 0.309 e. The van der Waals surface area contributed by atoms with Gasteiger partial charge in [-0.3, -0.25) is 0 Å². The molecule has 1 aliphatic rings. The van der Waals surface area contributed by atoms with Gasteiger partial charge in [-0.2, -0.15) is 0 Å². The van der Waals surface area contributed by atoms with E-state index in [0.717, 1.165) is 38.5 Å². The Morgan fingerprint density at radius 1 is 0.633 bits per heavy atom. The molecule has 0 N–H and O–H groups in total. The summed E-state index contributed by atoms with van der Waals surface area (Å²) >= 11 is 1.76. The molecule has 0 unspecified atom stereocenters. The molecule has 0 fully saturated rings. The van der Waals surface area contributed by atoms with Crippen LogP contribution in [0.2, 0.25) is 0 Å². The van der Waals surface area contributed by atoms with E-state index in [4.69, 9.17) is 9.97 Å². The van der Waals surface area contributed by atoms with Crippen LogP contribution in [-0.2, 0) is 0 Å². The van der Waals surface area contributed by atoms with Crippen molar-refractivity contribution >= 4 is 75.4 Å². The van der Waals surface area contributed by atoms with E-state index < -0.39 is 0 Å². The number of aromatic nitrogens is 3. The molecule has 230 valence electrons. The molecule has 4 heteroatoms. The van der Waals surface area contributed by atoms with Crippen LogP contribution in [0.5, 0.6) is 0 Å². The topological polar surface area (TPSA) is 30.7 Å². The number of allylic oxidation sites excluding steroid dienone is 5. The summed E-state index contributed by atoms with van der Waals surface area (Å²) in [6.07, 6.45) is 6.31. The van der Waals surface area contributed by atoms with Crippen LogP contribution in [0.3, 0.4) is 0 Å². The summed E-state index contributed by atoms with van der Waals surface area (Å²) in [5.74, 6) is 0.743. The molecule has 0 bridgehead atoms. The smallest absolute Gasteiger partial charge is 0.160 e. The molecule has 3 heterocycles. The minimum absolute atomic E-state index is 0.743. The van der Waals surface area contributed by atoms with Gasteiger partial charge in [0.05, 0.1) is 26.9 Å². The number of hydrogen-bond donors (Lipinski definition) is 0. The highest BCUT2D eigenvalue weighted by Gasteiger charge is 2.26. The van der Waals surface area contributed by atoms with Crippen molar-refractivity contribution in [3.8, 4) is 28.3 Å². The summed E-state index contributed by atoms with van der Waals surface area (Å²) in [4.78, 5) is 10.3. The van der Waals surface area contributed by atoms with Crippen molar-refractivity contribution in [3.05, 3.63) is 163 Å². The van der Waals surface area contributed by atoms with Crippen LogP contribution in [0.25, 0.3) is 92.4 Å². The van der Waals surface area contributed by atoms with Crippen LogP contribution in [0, 0.1) is 0 Å². The first-order valence-corrected chi connectivity index (χ1v) is 17.4. The predicted octanol–water partition coefficient (Wildman–Crippen LogP) is 12.4. The van der Waals surface area contributed by atoms with E-state index in [9.17, 15) is 0 Å². The first kappa shape index (κ1) is 28.0. The maximum absolute atomic E-state index is 5.21. The molecular weight excluding hydrogens is 615 g/mol. The van der Waals surface area contributed by atoms with Gasteiger partial charge in [-0.25, -0.2) is 9.97 Å². The Labute approximate surface area is 287 Å². The number of fused-ring (bicyclic) bond motifs is 3. The van der Waals surface area contributed by atoms with Crippen molar-refractivity contribution in [1.29, 1.82) is 0 Å². The predicted molar refractivity (Wildman–Crippen MR) is 209 cm³/mol. The minimum atomic E-state index is 0.743. The van der Waals surface area contributed by atoms with Gasteiger partial charge in [0.2, 0.25) is 0 Å². The molecule has 6 aromatic carbocycles. The Hall–Kier alpha value is -6.10. The highest BCUT2D eigenvalue weighted by molar-refractivity contribution is 7.26. The zero-order valence-electron chi connectivity index (χ0n) is 26.8. The van der Waals surface area contributed by atoms with Crippen LogP contribution in [0.1, 0.15) is 18.1 Å². The zero-order chi connectivity index (χ0) is 32.6. The molecule has 3 nitrogen and oxygen atoms in total. The molecule has 0 saturated carbocycles. The van der Waals surface area contributed by atoms with Crippen LogP contribution in [-0.4, -0.2) is 14.5 Å². The van der Waals surface area contributed by atoms with Crippen molar-refractivity contribution in [3.63, 3.8) is 0 Å². The fraction of sp³-hybridized carbons (Fsp3) is 0.0222.